The van der Waals surface area contributed by atoms with Crippen molar-refractivity contribution < 1.29 is 14.3 Å². The molecule has 0 atom stereocenters. The van der Waals surface area contributed by atoms with E-state index >= 15 is 0 Å². The van der Waals surface area contributed by atoms with Gasteiger partial charge in [-0.2, -0.15) is 0 Å². The summed E-state index contributed by atoms with van der Waals surface area (Å²) in [6.45, 7) is 9.88. The van der Waals surface area contributed by atoms with Gasteiger partial charge in [0.15, 0.2) is 6.61 Å². The van der Waals surface area contributed by atoms with Crippen LogP contribution in [-0.2, 0) is 16.6 Å². The molecule has 0 heterocycles. The molecule has 0 fully saturated rings. The summed E-state index contributed by atoms with van der Waals surface area (Å²) < 4.78 is 11.6. The molecule has 0 radical (unpaired) electrons. The Labute approximate surface area is 169 Å². The van der Waals surface area contributed by atoms with Crippen molar-refractivity contribution in [1.29, 1.82) is 0 Å². The molecule has 0 bridgehead atoms. The molecule has 2 aromatic rings. The van der Waals surface area contributed by atoms with Crippen molar-refractivity contribution in [1.82, 2.24) is 5.32 Å². The fourth-order valence-electron chi connectivity index (χ4n) is 2.98. The molecule has 0 aliphatic carbocycles. The number of nitrogens with one attached hydrogen (secondary N) is 1. The van der Waals surface area contributed by atoms with E-state index in [1.807, 2.05) is 42.5 Å². The Bertz CT molecular complexity index is 750. The van der Waals surface area contributed by atoms with Crippen LogP contribution in [0.25, 0.3) is 0 Å². The van der Waals surface area contributed by atoms with E-state index in [4.69, 9.17) is 9.47 Å². The number of carbonyl (C=O) groups is 1. The zero-order chi connectivity index (χ0) is 20.4. The van der Waals surface area contributed by atoms with Gasteiger partial charge in [-0.05, 0) is 47.9 Å². The molecule has 1 N–H and O–H groups in total. The second kappa shape index (κ2) is 10.7. The summed E-state index contributed by atoms with van der Waals surface area (Å²) in [4.78, 5) is 12.1. The van der Waals surface area contributed by atoms with Gasteiger partial charge in [-0.15, -0.1) is 0 Å². The van der Waals surface area contributed by atoms with E-state index in [0.29, 0.717) is 6.54 Å². The van der Waals surface area contributed by atoms with E-state index < -0.39 is 0 Å². The number of ether oxygens (including phenoxy) is 2. The Hall–Kier alpha value is -2.49. The van der Waals surface area contributed by atoms with Crippen LogP contribution in [0.15, 0.2) is 48.5 Å². The van der Waals surface area contributed by atoms with Crippen LogP contribution >= 0.6 is 0 Å². The van der Waals surface area contributed by atoms with E-state index in [1.165, 1.54) is 5.56 Å². The molecule has 4 nitrogen and oxygen atoms in total. The monoisotopic (exact) mass is 383 g/mol. The first kappa shape index (κ1) is 21.8. The van der Waals surface area contributed by atoms with Crippen LogP contribution in [0.5, 0.6) is 11.5 Å². The van der Waals surface area contributed by atoms with Gasteiger partial charge in [-0.1, -0.05) is 64.1 Å². The minimum atomic E-state index is -0.0979. The zero-order valence-electron chi connectivity index (χ0n) is 17.6. The third-order valence-electron chi connectivity index (χ3n) is 4.43. The molecule has 2 aromatic carbocycles. The predicted octanol–water partition coefficient (Wildman–Crippen LogP) is 4.90. The number of amides is 1. The Morgan fingerprint density at radius 3 is 2.36 bits per heavy atom. The number of carbonyl (C=O) groups excluding carboxylic acids is 1. The molecule has 2 rings (SSSR count). The third-order valence-corrected chi connectivity index (χ3v) is 4.43. The Balaban J connectivity index is 1.76. The molecular formula is C24H33NO3. The topological polar surface area (TPSA) is 47.6 Å². The van der Waals surface area contributed by atoms with Crippen LogP contribution in [0.2, 0.25) is 0 Å². The zero-order valence-corrected chi connectivity index (χ0v) is 17.6. The largest absolute Gasteiger partial charge is 0.493 e. The van der Waals surface area contributed by atoms with Crippen molar-refractivity contribution >= 4 is 5.91 Å². The third kappa shape index (κ3) is 6.91. The lowest BCUT2D eigenvalue weighted by Crippen LogP contribution is -2.30. The second-order valence-electron chi connectivity index (χ2n) is 7.94. The van der Waals surface area contributed by atoms with Gasteiger partial charge in [0.25, 0.3) is 5.91 Å². The highest BCUT2D eigenvalue weighted by Crippen LogP contribution is 2.30. The summed E-state index contributed by atoms with van der Waals surface area (Å²) in [5, 5.41) is 2.94. The van der Waals surface area contributed by atoms with Crippen molar-refractivity contribution in [2.24, 2.45) is 0 Å². The number of hydrogen-bond donors (Lipinski definition) is 1. The summed E-state index contributed by atoms with van der Waals surface area (Å²) in [6, 6.07) is 16.0. The molecule has 152 valence electrons. The van der Waals surface area contributed by atoms with Gasteiger partial charge in [0, 0.05) is 6.54 Å². The highest BCUT2D eigenvalue weighted by atomic mass is 16.5. The maximum atomic E-state index is 12.1. The van der Waals surface area contributed by atoms with Crippen LogP contribution in [0.3, 0.4) is 0 Å². The highest BCUT2D eigenvalue weighted by molar-refractivity contribution is 5.77. The van der Waals surface area contributed by atoms with Crippen molar-refractivity contribution in [2.75, 3.05) is 19.8 Å². The van der Waals surface area contributed by atoms with Gasteiger partial charge in [-0.25, -0.2) is 0 Å². The molecule has 0 unspecified atom stereocenters. The lowest BCUT2D eigenvalue weighted by molar-refractivity contribution is -0.123. The molecule has 0 saturated heterocycles. The van der Waals surface area contributed by atoms with E-state index in [9.17, 15) is 4.79 Å². The summed E-state index contributed by atoms with van der Waals surface area (Å²) in [7, 11) is 0. The van der Waals surface area contributed by atoms with Gasteiger partial charge < -0.3 is 14.8 Å². The van der Waals surface area contributed by atoms with Crippen LogP contribution in [0.1, 0.15) is 51.7 Å². The predicted molar refractivity (Wildman–Crippen MR) is 114 cm³/mol. The molecule has 4 heteroatoms. The minimum Gasteiger partial charge on any atom is -0.493 e. The molecular weight excluding hydrogens is 350 g/mol. The molecule has 0 spiro atoms. The van der Waals surface area contributed by atoms with Gasteiger partial charge in [0.05, 0.1) is 6.61 Å². The van der Waals surface area contributed by atoms with Gasteiger partial charge in [-0.3, -0.25) is 4.79 Å². The number of hydrogen-bond acceptors (Lipinski definition) is 3. The fraction of sp³-hybridized carbons (Fsp3) is 0.458. The molecule has 0 aliphatic heterocycles. The fourth-order valence-corrected chi connectivity index (χ4v) is 2.98. The maximum absolute atomic E-state index is 12.1. The maximum Gasteiger partial charge on any atom is 0.257 e. The van der Waals surface area contributed by atoms with Crippen molar-refractivity contribution in [3.63, 3.8) is 0 Å². The first-order valence-corrected chi connectivity index (χ1v) is 10.1. The smallest absolute Gasteiger partial charge is 0.257 e. The Kier molecular flexibility index (Phi) is 8.37. The van der Waals surface area contributed by atoms with Crippen LogP contribution in [0.4, 0.5) is 0 Å². The van der Waals surface area contributed by atoms with Crippen LogP contribution < -0.4 is 14.8 Å². The van der Waals surface area contributed by atoms with Gasteiger partial charge >= 0.3 is 0 Å². The van der Waals surface area contributed by atoms with E-state index in [0.717, 1.165) is 42.9 Å². The molecule has 0 aromatic heterocycles. The van der Waals surface area contributed by atoms with E-state index in [-0.39, 0.29) is 17.9 Å². The molecule has 1 amide bonds. The van der Waals surface area contributed by atoms with Crippen LogP contribution in [0, 0.1) is 0 Å². The van der Waals surface area contributed by atoms with Crippen molar-refractivity contribution in [3.05, 3.63) is 59.7 Å². The van der Waals surface area contributed by atoms with Gasteiger partial charge in [0.1, 0.15) is 11.5 Å². The first-order valence-electron chi connectivity index (χ1n) is 10.1. The molecule has 0 saturated carbocycles. The average molecular weight is 384 g/mol. The molecule has 0 aliphatic rings. The van der Waals surface area contributed by atoms with E-state index in [2.05, 4.69) is 39.1 Å². The quantitative estimate of drug-likeness (QED) is 0.594. The summed E-state index contributed by atoms with van der Waals surface area (Å²) in [6.07, 6.45) is 2.72. The lowest BCUT2D eigenvalue weighted by Gasteiger charge is -2.22. The molecule has 28 heavy (non-hydrogen) atoms. The second-order valence-corrected chi connectivity index (χ2v) is 7.94. The minimum absolute atomic E-state index is 0.0275. The summed E-state index contributed by atoms with van der Waals surface area (Å²) in [5.74, 6) is 1.61. The number of para-hydroxylation sites is 2. The standard InChI is InChI=1S/C24H33NO3/c1-5-17-27-21-14-8-6-11-19(21)12-10-16-25-23(26)18-28-22-15-9-7-13-20(22)24(2,3)4/h6-9,11,13-15H,5,10,12,16-18H2,1-4H3,(H,25,26). The normalized spacial score (nSPS) is 11.1. The lowest BCUT2D eigenvalue weighted by atomic mass is 9.86. The Morgan fingerprint density at radius 1 is 0.964 bits per heavy atom. The highest BCUT2D eigenvalue weighted by Gasteiger charge is 2.18. The van der Waals surface area contributed by atoms with Crippen LogP contribution in [-0.4, -0.2) is 25.7 Å². The average Bonchev–Trinajstić information content (AvgIpc) is 2.68. The number of rotatable bonds is 10. The summed E-state index contributed by atoms with van der Waals surface area (Å²) in [5.41, 5.74) is 2.26. The SMILES string of the molecule is CCCOc1ccccc1CCCNC(=O)COc1ccccc1C(C)(C)C. The van der Waals surface area contributed by atoms with Crippen molar-refractivity contribution in [2.45, 2.75) is 52.4 Å². The first-order chi connectivity index (χ1) is 13.4. The Morgan fingerprint density at radius 2 is 1.64 bits per heavy atom. The number of aryl methyl sites for hydroxylation is 1. The summed E-state index contributed by atoms with van der Waals surface area (Å²) >= 11 is 0. The number of benzene rings is 2. The van der Waals surface area contributed by atoms with E-state index in [1.54, 1.807) is 0 Å². The van der Waals surface area contributed by atoms with Crippen molar-refractivity contribution in [3.8, 4) is 11.5 Å². The van der Waals surface area contributed by atoms with Gasteiger partial charge in [0.2, 0.25) is 0 Å².